The third-order valence-electron chi connectivity index (χ3n) is 7.30. The van der Waals surface area contributed by atoms with E-state index in [-0.39, 0.29) is 76.7 Å². The van der Waals surface area contributed by atoms with Crippen molar-refractivity contribution in [2.45, 2.75) is 25.6 Å². The zero-order chi connectivity index (χ0) is 26.7. The molecule has 0 spiro atoms. The molecule has 0 radical (unpaired) electrons. The quantitative estimate of drug-likeness (QED) is 0.503. The Kier molecular flexibility index (Phi) is 5.75. The van der Waals surface area contributed by atoms with Gasteiger partial charge in [0.2, 0.25) is 5.91 Å². The number of carbonyl (C=O) groups excluding carboxylic acids is 2. The van der Waals surface area contributed by atoms with Crippen LogP contribution in [0, 0.1) is 5.82 Å². The predicted octanol–water partition coefficient (Wildman–Crippen LogP) is 3.55. The number of aromatic hydroxyl groups is 1. The number of carbonyl (C=O) groups is 2. The maximum atomic E-state index is 15.0. The van der Waals surface area contributed by atoms with E-state index in [1.54, 1.807) is 16.0 Å². The van der Waals surface area contributed by atoms with Crippen LogP contribution in [0.3, 0.4) is 0 Å². The minimum Gasteiger partial charge on any atom is -0.507 e. The number of amides is 2. The largest absolute Gasteiger partial charge is 0.507 e. The number of hydrogen-bond donors (Lipinski definition) is 1. The van der Waals surface area contributed by atoms with E-state index in [1.807, 2.05) is 11.8 Å². The second-order valence-electron chi connectivity index (χ2n) is 9.41. The molecule has 2 amide bonds. The van der Waals surface area contributed by atoms with Gasteiger partial charge in [-0.15, -0.1) is 0 Å². The molecule has 1 saturated heterocycles. The lowest BCUT2D eigenvalue weighted by Gasteiger charge is -2.39. The number of piperazine rings is 1. The summed E-state index contributed by atoms with van der Waals surface area (Å²) in [6.07, 6.45) is 2.84. The van der Waals surface area contributed by atoms with Gasteiger partial charge in [-0.05, 0) is 25.1 Å². The maximum Gasteiger partial charge on any atom is 0.261 e. The lowest BCUT2D eigenvalue weighted by Crippen LogP contribution is -2.57. The molecule has 10 nitrogen and oxygen atoms in total. The molecule has 38 heavy (non-hydrogen) atoms. The average molecular weight is 540 g/mol. The first kappa shape index (κ1) is 24.2. The van der Waals surface area contributed by atoms with E-state index in [2.05, 4.69) is 16.7 Å². The number of nitrogens with zero attached hydrogens (tertiary/aromatic N) is 5. The van der Waals surface area contributed by atoms with Gasteiger partial charge >= 0.3 is 0 Å². The van der Waals surface area contributed by atoms with Gasteiger partial charge in [-0.3, -0.25) is 9.59 Å². The summed E-state index contributed by atoms with van der Waals surface area (Å²) in [6, 6.07) is 3.10. The van der Waals surface area contributed by atoms with Crippen LogP contribution in [-0.2, 0) is 11.3 Å². The fourth-order valence-corrected chi connectivity index (χ4v) is 5.63. The number of benzene rings is 1. The highest BCUT2D eigenvalue weighted by atomic mass is 35.5. The maximum absolute atomic E-state index is 15.0. The molecule has 5 heterocycles. The highest BCUT2D eigenvalue weighted by molar-refractivity contribution is 6.35. The van der Waals surface area contributed by atoms with E-state index in [4.69, 9.17) is 20.9 Å². The van der Waals surface area contributed by atoms with Gasteiger partial charge in [-0.1, -0.05) is 29.4 Å². The summed E-state index contributed by atoms with van der Waals surface area (Å²) in [5.74, 6) is -0.790. The molecule has 1 N–H and O–H groups in total. The first-order valence-corrected chi connectivity index (χ1v) is 12.4. The van der Waals surface area contributed by atoms with Crippen molar-refractivity contribution in [3.8, 4) is 22.8 Å². The van der Waals surface area contributed by atoms with Crippen molar-refractivity contribution in [1.82, 2.24) is 19.9 Å². The van der Waals surface area contributed by atoms with Crippen LogP contribution in [0.1, 0.15) is 34.6 Å². The van der Waals surface area contributed by atoms with E-state index >= 15 is 0 Å². The normalized spacial score (nSPS) is 20.4. The van der Waals surface area contributed by atoms with Gasteiger partial charge in [0, 0.05) is 25.2 Å². The molecule has 2 aromatic heterocycles. The zero-order valence-corrected chi connectivity index (χ0v) is 21.1. The molecular weight excluding hydrogens is 517 g/mol. The monoisotopic (exact) mass is 539 g/mol. The first-order valence-electron chi connectivity index (χ1n) is 12.1. The third-order valence-corrected chi connectivity index (χ3v) is 7.65. The summed E-state index contributed by atoms with van der Waals surface area (Å²) in [5.41, 5.74) is 0.703. The van der Waals surface area contributed by atoms with Gasteiger partial charge < -0.3 is 29.1 Å². The summed E-state index contributed by atoms with van der Waals surface area (Å²) in [5, 5.41) is 14.3. The Hall–Kier alpha value is -4.12. The topological polar surface area (TPSA) is 112 Å². The predicted molar refractivity (Wildman–Crippen MR) is 135 cm³/mol. The summed E-state index contributed by atoms with van der Waals surface area (Å²) >= 11 is 6.76. The van der Waals surface area contributed by atoms with E-state index in [9.17, 15) is 19.1 Å². The number of phenolic OH excluding ortho intramolecular Hbond substituents is 1. The van der Waals surface area contributed by atoms with E-state index in [1.165, 1.54) is 24.3 Å². The Morgan fingerprint density at radius 1 is 1.29 bits per heavy atom. The number of phenols is 1. The van der Waals surface area contributed by atoms with Gasteiger partial charge in [0.05, 0.1) is 30.4 Å². The minimum absolute atomic E-state index is 0.0455. The molecule has 2 atom stereocenters. The molecule has 0 aliphatic carbocycles. The lowest BCUT2D eigenvalue weighted by molar-refractivity contribution is -0.128. The van der Waals surface area contributed by atoms with Crippen LogP contribution in [0.4, 0.5) is 10.2 Å². The minimum atomic E-state index is -0.730. The summed E-state index contributed by atoms with van der Waals surface area (Å²) in [4.78, 5) is 36.1. The van der Waals surface area contributed by atoms with Crippen LogP contribution < -0.4 is 9.64 Å². The number of anilines is 1. The lowest BCUT2D eigenvalue weighted by atomic mass is 10.0. The van der Waals surface area contributed by atoms with E-state index in [0.717, 1.165) is 5.56 Å². The summed E-state index contributed by atoms with van der Waals surface area (Å²) < 4.78 is 26.6. The van der Waals surface area contributed by atoms with Crippen LogP contribution in [0.5, 0.6) is 11.5 Å². The summed E-state index contributed by atoms with van der Waals surface area (Å²) in [7, 11) is 0. The molecule has 3 aromatic rings. The molecule has 1 fully saturated rings. The number of fused-ring (bicyclic) bond motifs is 3. The molecule has 0 saturated carbocycles. The fourth-order valence-electron chi connectivity index (χ4n) is 5.35. The molecule has 12 heteroatoms. The number of rotatable bonds is 3. The number of aromatic nitrogens is 2. The molecular formula is C26H23ClFN5O5. The average Bonchev–Trinajstić information content (AvgIpc) is 3.46. The van der Waals surface area contributed by atoms with Crippen molar-refractivity contribution in [1.29, 1.82) is 0 Å². The summed E-state index contributed by atoms with van der Waals surface area (Å²) in [6.45, 7) is 6.68. The second kappa shape index (κ2) is 9.02. The highest BCUT2D eigenvalue weighted by Gasteiger charge is 2.43. The van der Waals surface area contributed by atoms with Gasteiger partial charge in [0.25, 0.3) is 5.91 Å². The van der Waals surface area contributed by atoms with Crippen molar-refractivity contribution in [3.63, 3.8) is 0 Å². The fraction of sp³-hybridized carbons (Fsp3) is 0.308. The second-order valence-corrected chi connectivity index (χ2v) is 9.78. The molecule has 0 unspecified atom stereocenters. The van der Waals surface area contributed by atoms with Crippen LogP contribution in [0.25, 0.3) is 11.3 Å². The molecule has 3 aliphatic rings. The standard InChI is InChI=1S/C26H23ClFN5O5/c1-3-18(35)31-7-8-32-15(11-31)12-37-24-20(26(32)36)25(33-10-14-9-29-38-23(14)13(33)2)30-22(21(24)27)19-16(28)5-4-6-17(19)34/h3-6,9,13,15,34H,1,7-8,10-12H2,2H3/t13-,15+/m0/s1. The van der Waals surface area contributed by atoms with Crippen molar-refractivity contribution in [2.75, 3.05) is 31.1 Å². The van der Waals surface area contributed by atoms with Crippen molar-refractivity contribution >= 4 is 29.2 Å². The number of ether oxygens (including phenoxy) is 1. The zero-order valence-electron chi connectivity index (χ0n) is 20.4. The van der Waals surface area contributed by atoms with Gasteiger partial charge in [0.1, 0.15) is 40.3 Å². The SMILES string of the molecule is C=CC(=O)N1CCN2C(=O)c3c(N4Cc5cnoc5[C@@H]4C)nc(-c4c(O)cccc4F)c(Cl)c3OC[C@H]2C1. The van der Waals surface area contributed by atoms with Crippen molar-refractivity contribution in [3.05, 3.63) is 64.8 Å². The number of halogens is 2. The number of pyridine rings is 1. The number of hydrogen-bond acceptors (Lipinski definition) is 8. The molecule has 196 valence electrons. The van der Waals surface area contributed by atoms with Gasteiger partial charge in [-0.25, -0.2) is 9.37 Å². The smallest absolute Gasteiger partial charge is 0.261 e. The Bertz CT molecular complexity index is 1470. The Morgan fingerprint density at radius 3 is 2.84 bits per heavy atom. The van der Waals surface area contributed by atoms with Crippen molar-refractivity contribution < 1.29 is 28.3 Å². The Balaban J connectivity index is 1.52. The van der Waals surface area contributed by atoms with Crippen LogP contribution in [0.15, 0.2) is 41.6 Å². The van der Waals surface area contributed by atoms with Gasteiger partial charge in [0.15, 0.2) is 11.5 Å². The van der Waals surface area contributed by atoms with Crippen LogP contribution >= 0.6 is 11.6 Å². The van der Waals surface area contributed by atoms with E-state index in [0.29, 0.717) is 18.8 Å². The molecule has 6 rings (SSSR count). The highest BCUT2D eigenvalue weighted by Crippen LogP contribution is 2.48. The first-order chi connectivity index (χ1) is 18.3. The van der Waals surface area contributed by atoms with E-state index < -0.39 is 11.9 Å². The molecule has 3 aliphatic heterocycles. The van der Waals surface area contributed by atoms with Crippen molar-refractivity contribution in [2.24, 2.45) is 0 Å². The van der Waals surface area contributed by atoms with Crippen LogP contribution in [0.2, 0.25) is 5.02 Å². The third kappa shape index (κ3) is 3.60. The Labute approximate surface area is 221 Å². The van der Waals surface area contributed by atoms with Crippen LogP contribution in [-0.4, -0.2) is 69.1 Å². The molecule has 1 aromatic carbocycles. The molecule has 0 bridgehead atoms. The Morgan fingerprint density at radius 2 is 2.11 bits per heavy atom. The van der Waals surface area contributed by atoms with Gasteiger partial charge in [-0.2, -0.15) is 0 Å².